The summed E-state index contributed by atoms with van der Waals surface area (Å²) in [5, 5.41) is 15.2. The van der Waals surface area contributed by atoms with Crippen molar-refractivity contribution in [1.29, 1.82) is 5.41 Å². The minimum Gasteiger partial charge on any atom is -0.478 e. The lowest BCUT2D eigenvalue weighted by atomic mass is 10.2. The molecule has 0 atom stereocenters. The summed E-state index contributed by atoms with van der Waals surface area (Å²) in [7, 11) is 0. The fourth-order valence-electron chi connectivity index (χ4n) is 0.812. The van der Waals surface area contributed by atoms with E-state index in [1.54, 1.807) is 18.1 Å². The Balaban J connectivity index is 3.26. The van der Waals surface area contributed by atoms with E-state index in [-0.39, 0.29) is 11.3 Å². The zero-order valence-corrected chi connectivity index (χ0v) is 6.11. The van der Waals surface area contributed by atoms with Gasteiger partial charge in [-0.15, -0.1) is 0 Å². The minimum absolute atomic E-state index is 0.0808. The number of hydrogen-bond donors (Lipinski definition) is 2. The van der Waals surface area contributed by atoms with Gasteiger partial charge >= 0.3 is 5.97 Å². The van der Waals surface area contributed by atoms with E-state index < -0.39 is 5.97 Å². The fourth-order valence-corrected chi connectivity index (χ4v) is 0.812. The molecule has 0 aliphatic heterocycles. The Hall–Kier alpha value is -1.93. The van der Waals surface area contributed by atoms with Gasteiger partial charge in [-0.3, -0.25) is 0 Å². The Labute approximate surface area is 68.7 Å². The van der Waals surface area contributed by atoms with Crippen molar-refractivity contribution in [2.45, 2.75) is 0 Å². The molecule has 12 heavy (non-hydrogen) atoms. The highest BCUT2D eigenvalue weighted by atomic mass is 16.4. The monoisotopic (exact) mass is 162 g/mol. The first-order chi connectivity index (χ1) is 5.75. The van der Waals surface area contributed by atoms with E-state index in [1.807, 2.05) is 0 Å². The molecule has 0 fully saturated rings. The molecule has 1 rings (SSSR count). The third-order valence-electron chi connectivity index (χ3n) is 1.31. The van der Waals surface area contributed by atoms with Gasteiger partial charge in [0.1, 0.15) is 0 Å². The van der Waals surface area contributed by atoms with Gasteiger partial charge in [0.15, 0.2) is 0 Å². The molecule has 0 aliphatic carbocycles. The molecular formula is C8H6N2O2. The van der Waals surface area contributed by atoms with Gasteiger partial charge in [0.2, 0.25) is 0 Å². The maximum absolute atomic E-state index is 10.5. The highest BCUT2D eigenvalue weighted by Gasteiger charge is 2.06. The van der Waals surface area contributed by atoms with E-state index in [0.717, 1.165) is 0 Å². The first kappa shape index (κ1) is 8.17. The third-order valence-corrected chi connectivity index (χ3v) is 1.31. The number of carboxylic acids is 1. The summed E-state index contributed by atoms with van der Waals surface area (Å²) in [6.07, 6.45) is 0. The van der Waals surface area contributed by atoms with Gasteiger partial charge in [-0.2, -0.15) is 4.99 Å². The predicted octanol–water partition coefficient (Wildman–Crippen LogP) is 1.77. The molecule has 4 heteroatoms. The number of carboxylic acid groups (broad SMARTS) is 1. The van der Waals surface area contributed by atoms with E-state index in [4.69, 9.17) is 10.5 Å². The minimum atomic E-state index is -1.05. The molecule has 0 radical (unpaired) electrons. The molecule has 0 spiro atoms. The van der Waals surface area contributed by atoms with Gasteiger partial charge < -0.3 is 5.11 Å². The number of aromatic carboxylic acids is 1. The van der Waals surface area contributed by atoms with Crippen LogP contribution in [0, 0.1) is 5.41 Å². The number of aliphatic imine (C=N–C) groups is 1. The van der Waals surface area contributed by atoms with Crippen molar-refractivity contribution < 1.29 is 9.90 Å². The smallest absolute Gasteiger partial charge is 0.337 e. The van der Waals surface area contributed by atoms with Crippen LogP contribution in [0.1, 0.15) is 10.4 Å². The van der Waals surface area contributed by atoms with Gasteiger partial charge in [0, 0.05) is 0 Å². The number of nitrogens with zero attached hydrogens (tertiary/aromatic N) is 1. The van der Waals surface area contributed by atoms with Crippen LogP contribution >= 0.6 is 0 Å². The lowest BCUT2D eigenvalue weighted by molar-refractivity contribution is 0.0698. The summed E-state index contributed by atoms with van der Waals surface area (Å²) in [5.74, 6) is -1.05. The summed E-state index contributed by atoms with van der Waals surface area (Å²) in [6.45, 7) is 0. The van der Waals surface area contributed by atoms with Gasteiger partial charge in [-0.25, -0.2) is 10.2 Å². The summed E-state index contributed by atoms with van der Waals surface area (Å²) >= 11 is 0. The Morgan fingerprint density at radius 2 is 2.17 bits per heavy atom. The molecular weight excluding hydrogens is 156 g/mol. The second-order valence-electron chi connectivity index (χ2n) is 2.05. The van der Waals surface area contributed by atoms with Gasteiger partial charge in [0.25, 0.3) is 0 Å². The highest BCUT2D eigenvalue weighted by molar-refractivity contribution is 5.93. The number of nitrogens with one attached hydrogen (secondary N) is 1. The molecule has 1 aromatic rings. The van der Waals surface area contributed by atoms with Crippen molar-refractivity contribution in [2.24, 2.45) is 4.99 Å². The number of hydrogen-bond acceptors (Lipinski definition) is 3. The van der Waals surface area contributed by atoms with Crippen LogP contribution in [0.3, 0.4) is 0 Å². The Morgan fingerprint density at radius 3 is 2.75 bits per heavy atom. The van der Waals surface area contributed by atoms with E-state index in [1.165, 1.54) is 12.1 Å². The molecule has 0 saturated carbocycles. The van der Waals surface area contributed by atoms with Crippen molar-refractivity contribution in [3.05, 3.63) is 29.8 Å². The molecule has 0 amide bonds. The molecule has 0 bridgehead atoms. The predicted molar refractivity (Wildman–Crippen MR) is 43.2 cm³/mol. The standard InChI is InChI=1S/C8H6N2O2/c9-5-10-7-4-2-1-3-6(7)8(11)12/h1-4,9H,(H,11,12). The van der Waals surface area contributed by atoms with Crippen LogP contribution in [-0.2, 0) is 0 Å². The van der Waals surface area contributed by atoms with Crippen molar-refractivity contribution in [3.63, 3.8) is 0 Å². The fraction of sp³-hybridized carbons (Fsp3) is 0. The van der Waals surface area contributed by atoms with Gasteiger partial charge in [-0.1, -0.05) is 12.1 Å². The van der Waals surface area contributed by atoms with Crippen molar-refractivity contribution in [3.8, 4) is 0 Å². The zero-order valence-electron chi connectivity index (χ0n) is 6.11. The van der Waals surface area contributed by atoms with Crippen LogP contribution in [0.2, 0.25) is 0 Å². The van der Waals surface area contributed by atoms with Crippen LogP contribution in [0.25, 0.3) is 0 Å². The molecule has 0 heterocycles. The van der Waals surface area contributed by atoms with Gasteiger partial charge in [0.05, 0.1) is 17.3 Å². The molecule has 60 valence electrons. The molecule has 1 aromatic carbocycles. The van der Waals surface area contributed by atoms with Crippen LogP contribution in [-0.4, -0.2) is 17.1 Å². The average Bonchev–Trinajstić information content (AvgIpc) is 2.05. The third kappa shape index (κ3) is 1.56. The van der Waals surface area contributed by atoms with Gasteiger partial charge in [-0.05, 0) is 12.1 Å². The molecule has 2 N–H and O–H groups in total. The van der Waals surface area contributed by atoms with E-state index in [2.05, 4.69) is 4.99 Å². The Morgan fingerprint density at radius 1 is 1.50 bits per heavy atom. The maximum atomic E-state index is 10.5. The molecule has 0 aromatic heterocycles. The first-order valence-corrected chi connectivity index (χ1v) is 3.20. The van der Waals surface area contributed by atoms with Crippen LogP contribution < -0.4 is 0 Å². The number of carbonyl (C=O) groups is 1. The Bertz CT molecular complexity index is 333. The zero-order chi connectivity index (χ0) is 8.97. The highest BCUT2D eigenvalue weighted by Crippen LogP contribution is 2.17. The summed E-state index contributed by atoms with van der Waals surface area (Å²) in [4.78, 5) is 14.0. The molecule has 4 nitrogen and oxygen atoms in total. The quantitative estimate of drug-likeness (QED) is 0.650. The first-order valence-electron chi connectivity index (χ1n) is 3.20. The average molecular weight is 162 g/mol. The summed E-state index contributed by atoms with van der Waals surface area (Å²) in [6, 6.07) is 8.00. The summed E-state index contributed by atoms with van der Waals surface area (Å²) in [5.41, 5.74) is 0.331. The normalized spacial score (nSPS) is 8.67. The SMILES string of the molecule is N=C=Nc1ccccc1C(=O)O. The topological polar surface area (TPSA) is 73.5 Å². The Kier molecular flexibility index (Phi) is 2.35. The summed E-state index contributed by atoms with van der Waals surface area (Å²) < 4.78 is 0. The second kappa shape index (κ2) is 3.46. The number of rotatable bonds is 2. The lowest BCUT2D eigenvalue weighted by Crippen LogP contribution is -1.95. The number of para-hydroxylation sites is 1. The maximum Gasteiger partial charge on any atom is 0.337 e. The molecule has 0 saturated heterocycles. The van der Waals surface area contributed by atoms with E-state index >= 15 is 0 Å². The lowest BCUT2D eigenvalue weighted by Gasteiger charge is -1.96. The molecule has 0 aliphatic rings. The molecule has 0 unspecified atom stereocenters. The van der Waals surface area contributed by atoms with Crippen LogP contribution in [0.4, 0.5) is 5.69 Å². The number of benzene rings is 1. The van der Waals surface area contributed by atoms with Crippen molar-refractivity contribution in [2.75, 3.05) is 0 Å². The largest absolute Gasteiger partial charge is 0.478 e. The van der Waals surface area contributed by atoms with Crippen molar-refractivity contribution >= 4 is 17.7 Å². The van der Waals surface area contributed by atoms with E-state index in [0.29, 0.717) is 0 Å². The van der Waals surface area contributed by atoms with Crippen LogP contribution in [0.15, 0.2) is 29.3 Å². The van der Waals surface area contributed by atoms with Crippen molar-refractivity contribution in [1.82, 2.24) is 0 Å². The van der Waals surface area contributed by atoms with Crippen LogP contribution in [0.5, 0.6) is 0 Å². The van der Waals surface area contributed by atoms with E-state index in [9.17, 15) is 4.79 Å². The second-order valence-corrected chi connectivity index (χ2v) is 2.05.